The summed E-state index contributed by atoms with van der Waals surface area (Å²) in [5.41, 5.74) is 8.29. The fraction of sp³-hybridized carbons (Fsp3) is 0.353. The van der Waals surface area contributed by atoms with Crippen molar-refractivity contribution >= 4 is 17.0 Å². The lowest BCUT2D eigenvalue weighted by molar-refractivity contribution is 0.126. The minimum absolute atomic E-state index is 0.159. The highest BCUT2D eigenvalue weighted by Gasteiger charge is 2.19. The number of nitrogen functional groups attached to an aromatic ring is 1. The van der Waals surface area contributed by atoms with Crippen LogP contribution in [-0.4, -0.2) is 36.8 Å². The van der Waals surface area contributed by atoms with Crippen molar-refractivity contribution < 1.29 is 5.11 Å². The third-order valence-electron chi connectivity index (χ3n) is 4.49. The summed E-state index contributed by atoms with van der Waals surface area (Å²) in [6.45, 7) is 0. The molecule has 7 nitrogen and oxygen atoms in total. The van der Waals surface area contributed by atoms with Gasteiger partial charge in [-0.15, -0.1) is 0 Å². The van der Waals surface area contributed by atoms with Gasteiger partial charge in [0.1, 0.15) is 5.82 Å². The second-order valence-electron chi connectivity index (χ2n) is 6.26. The Morgan fingerprint density at radius 3 is 2.88 bits per heavy atom. The van der Waals surface area contributed by atoms with Crippen molar-refractivity contribution in [2.45, 2.75) is 37.8 Å². The van der Waals surface area contributed by atoms with Gasteiger partial charge < -0.3 is 16.2 Å². The van der Waals surface area contributed by atoms with Crippen LogP contribution in [0, 0.1) is 0 Å². The van der Waals surface area contributed by atoms with Crippen molar-refractivity contribution in [1.29, 1.82) is 0 Å². The normalized spacial score (nSPS) is 21.0. The molecule has 1 aliphatic rings. The van der Waals surface area contributed by atoms with Crippen molar-refractivity contribution in [3.8, 4) is 11.4 Å². The first-order chi connectivity index (χ1) is 11.7. The van der Waals surface area contributed by atoms with Gasteiger partial charge in [-0.1, -0.05) is 0 Å². The van der Waals surface area contributed by atoms with Crippen LogP contribution in [0.3, 0.4) is 0 Å². The maximum absolute atomic E-state index is 9.61. The number of aromatic nitrogens is 4. The number of pyridine rings is 1. The number of fused-ring (bicyclic) bond motifs is 1. The van der Waals surface area contributed by atoms with E-state index >= 15 is 0 Å². The van der Waals surface area contributed by atoms with Crippen LogP contribution in [0.1, 0.15) is 25.7 Å². The van der Waals surface area contributed by atoms with Gasteiger partial charge in [0, 0.05) is 24.1 Å². The molecule has 0 atom stereocenters. The van der Waals surface area contributed by atoms with E-state index in [4.69, 9.17) is 5.73 Å². The van der Waals surface area contributed by atoms with Crippen LogP contribution in [-0.2, 0) is 0 Å². The van der Waals surface area contributed by atoms with Gasteiger partial charge in [0.05, 0.1) is 23.4 Å². The number of nitrogens with two attached hydrogens (primary N) is 1. The van der Waals surface area contributed by atoms with E-state index in [2.05, 4.69) is 20.4 Å². The molecule has 24 heavy (non-hydrogen) atoms. The largest absolute Gasteiger partial charge is 0.399 e. The number of hydrogen-bond acceptors (Lipinski definition) is 6. The van der Waals surface area contributed by atoms with E-state index in [1.165, 1.54) is 0 Å². The quantitative estimate of drug-likeness (QED) is 0.682. The number of hydrogen-bond donors (Lipinski definition) is 3. The lowest BCUT2D eigenvalue weighted by Crippen LogP contribution is -2.28. The van der Waals surface area contributed by atoms with Crippen molar-refractivity contribution in [3.63, 3.8) is 0 Å². The lowest BCUT2D eigenvalue weighted by Gasteiger charge is -2.26. The summed E-state index contributed by atoms with van der Waals surface area (Å²) in [7, 11) is 0. The average molecular weight is 324 g/mol. The predicted octanol–water partition coefficient (Wildman–Crippen LogP) is 2.09. The van der Waals surface area contributed by atoms with Gasteiger partial charge in [0.15, 0.2) is 5.82 Å². The highest BCUT2D eigenvalue weighted by atomic mass is 16.3. The Labute approximate surface area is 139 Å². The number of aliphatic hydroxyl groups excluding tert-OH is 1. The molecule has 3 aromatic rings. The monoisotopic (exact) mass is 324 g/mol. The van der Waals surface area contributed by atoms with Gasteiger partial charge >= 0.3 is 0 Å². The molecule has 0 aromatic carbocycles. The SMILES string of the molecule is Nc1ccn2ncc(-c3nccc(NC4CCC(O)CC4)n3)c2c1. The summed E-state index contributed by atoms with van der Waals surface area (Å²) in [6, 6.07) is 5.89. The maximum atomic E-state index is 9.61. The Balaban J connectivity index is 1.61. The van der Waals surface area contributed by atoms with Crippen LogP contribution in [0.25, 0.3) is 16.9 Å². The topological polar surface area (TPSA) is 101 Å². The van der Waals surface area contributed by atoms with Crippen LogP contribution < -0.4 is 11.1 Å². The molecule has 0 unspecified atom stereocenters. The molecule has 3 heterocycles. The number of nitrogens with one attached hydrogen (secondary N) is 1. The number of anilines is 2. The minimum Gasteiger partial charge on any atom is -0.399 e. The zero-order chi connectivity index (χ0) is 16.5. The minimum atomic E-state index is -0.159. The first kappa shape index (κ1) is 14.9. The molecular formula is C17H20N6O. The standard InChI is InChI=1S/C17H20N6O/c18-11-6-8-23-15(9-11)14(10-20-23)17-19-7-5-16(22-17)21-12-1-3-13(24)4-2-12/h5-10,12-13,24H,1-4,18H2,(H,19,21,22). The zero-order valence-corrected chi connectivity index (χ0v) is 13.3. The highest BCUT2D eigenvalue weighted by Crippen LogP contribution is 2.25. The van der Waals surface area contributed by atoms with E-state index in [0.717, 1.165) is 42.6 Å². The second-order valence-corrected chi connectivity index (χ2v) is 6.26. The number of nitrogens with zero attached hydrogens (tertiary/aromatic N) is 4. The van der Waals surface area contributed by atoms with E-state index in [-0.39, 0.29) is 6.10 Å². The summed E-state index contributed by atoms with van der Waals surface area (Å²) in [5.74, 6) is 1.42. The summed E-state index contributed by atoms with van der Waals surface area (Å²) < 4.78 is 1.76. The molecule has 0 radical (unpaired) electrons. The molecule has 0 spiro atoms. The van der Waals surface area contributed by atoms with Gasteiger partial charge in [-0.25, -0.2) is 14.5 Å². The Bertz CT molecular complexity index is 853. The molecule has 3 aromatic heterocycles. The second kappa shape index (κ2) is 6.09. The van der Waals surface area contributed by atoms with Gasteiger partial charge in [0.25, 0.3) is 0 Å². The molecule has 0 bridgehead atoms. The molecular weight excluding hydrogens is 304 g/mol. The highest BCUT2D eigenvalue weighted by molar-refractivity contribution is 5.78. The van der Waals surface area contributed by atoms with Crippen molar-refractivity contribution in [2.24, 2.45) is 0 Å². The van der Waals surface area contributed by atoms with E-state index < -0.39 is 0 Å². The van der Waals surface area contributed by atoms with Crippen LogP contribution in [0.15, 0.2) is 36.8 Å². The Morgan fingerprint density at radius 2 is 2.04 bits per heavy atom. The fourth-order valence-corrected chi connectivity index (χ4v) is 3.17. The summed E-state index contributed by atoms with van der Waals surface area (Å²) >= 11 is 0. The van der Waals surface area contributed by atoms with Gasteiger partial charge in [0.2, 0.25) is 0 Å². The van der Waals surface area contributed by atoms with Gasteiger partial charge in [-0.2, -0.15) is 5.10 Å². The molecule has 4 rings (SSSR count). The Morgan fingerprint density at radius 1 is 1.21 bits per heavy atom. The van der Waals surface area contributed by atoms with Crippen molar-refractivity contribution in [1.82, 2.24) is 19.6 Å². The number of aliphatic hydroxyl groups is 1. The first-order valence-electron chi connectivity index (χ1n) is 8.20. The third-order valence-corrected chi connectivity index (χ3v) is 4.49. The van der Waals surface area contributed by atoms with Gasteiger partial charge in [-0.05, 0) is 43.9 Å². The molecule has 7 heteroatoms. The zero-order valence-electron chi connectivity index (χ0n) is 13.3. The molecule has 1 aliphatic carbocycles. The summed E-state index contributed by atoms with van der Waals surface area (Å²) in [5, 5.41) is 17.4. The van der Waals surface area contributed by atoms with E-state index in [1.54, 1.807) is 23.0 Å². The van der Waals surface area contributed by atoms with E-state index in [0.29, 0.717) is 17.6 Å². The molecule has 0 amide bonds. The molecule has 0 aliphatic heterocycles. The van der Waals surface area contributed by atoms with Crippen molar-refractivity contribution in [3.05, 3.63) is 36.8 Å². The summed E-state index contributed by atoms with van der Waals surface area (Å²) in [4.78, 5) is 9.01. The van der Waals surface area contributed by atoms with Crippen LogP contribution in [0.2, 0.25) is 0 Å². The van der Waals surface area contributed by atoms with Crippen LogP contribution >= 0.6 is 0 Å². The molecule has 124 valence electrons. The average Bonchev–Trinajstić information content (AvgIpc) is 3.00. The smallest absolute Gasteiger partial charge is 0.165 e. The Hall–Kier alpha value is -2.67. The molecule has 1 saturated carbocycles. The van der Waals surface area contributed by atoms with Crippen LogP contribution in [0.5, 0.6) is 0 Å². The van der Waals surface area contributed by atoms with Crippen LogP contribution in [0.4, 0.5) is 11.5 Å². The van der Waals surface area contributed by atoms with E-state index in [1.807, 2.05) is 18.3 Å². The van der Waals surface area contributed by atoms with E-state index in [9.17, 15) is 5.11 Å². The number of rotatable bonds is 3. The first-order valence-corrected chi connectivity index (χ1v) is 8.20. The fourth-order valence-electron chi connectivity index (χ4n) is 3.17. The third kappa shape index (κ3) is 2.90. The Kier molecular flexibility index (Phi) is 3.78. The molecule has 0 saturated heterocycles. The summed E-state index contributed by atoms with van der Waals surface area (Å²) in [6.07, 6.45) is 8.74. The molecule has 4 N–H and O–H groups in total. The van der Waals surface area contributed by atoms with Gasteiger partial charge in [-0.3, -0.25) is 0 Å². The predicted molar refractivity (Wildman–Crippen MR) is 92.5 cm³/mol. The van der Waals surface area contributed by atoms with Crippen molar-refractivity contribution in [2.75, 3.05) is 11.1 Å². The lowest BCUT2D eigenvalue weighted by atomic mass is 9.93. The molecule has 1 fully saturated rings. The maximum Gasteiger partial charge on any atom is 0.165 e.